The number of ether oxygens (including phenoxy) is 2. The van der Waals surface area contributed by atoms with Crippen molar-refractivity contribution in [2.24, 2.45) is 0 Å². The molecule has 8 aromatic rings. The summed E-state index contributed by atoms with van der Waals surface area (Å²) >= 11 is 0. The van der Waals surface area contributed by atoms with Crippen LogP contribution in [0.5, 0.6) is 23.0 Å². The molecule has 0 saturated carbocycles. The Bertz CT molecular complexity index is 2880. The van der Waals surface area contributed by atoms with Gasteiger partial charge in [0.05, 0.1) is 0 Å². The maximum Gasteiger partial charge on any atom is 0.135 e. The van der Waals surface area contributed by atoms with E-state index >= 15 is 0 Å². The maximum absolute atomic E-state index is 6.55. The molecule has 12 heteroatoms. The third-order valence-electron chi connectivity index (χ3n) is 11.1. The van der Waals surface area contributed by atoms with Crippen molar-refractivity contribution < 1.29 is 51.6 Å². The van der Waals surface area contributed by atoms with E-state index in [2.05, 4.69) is 111 Å². The van der Waals surface area contributed by atoms with Crippen molar-refractivity contribution in [3.05, 3.63) is 171 Å². The summed E-state index contributed by atoms with van der Waals surface area (Å²) < 4.78 is 17.5. The first-order chi connectivity index (χ1) is 29.8. The average Bonchev–Trinajstić information content (AvgIpc) is 4.03. The van der Waals surface area contributed by atoms with Gasteiger partial charge in [-0.25, -0.2) is 9.97 Å². The zero-order chi connectivity index (χ0) is 42.9. The standard InChI is InChI=1S/C52H46N8O2.2Pt/c1-51(2,3)35-19-21-53-47(27-35)59-45-31-41(61-39-13-9-11-37(29-39)57-25-23-55(7)33-57)15-17-43(45)50-49(59)44-18-16-42(62-40-14-10-12-38(30-40)58-26-24-56(8)34-58)32-46(44)60(50)48-28-36(20-22-54-48)52(4,5)6;;/h9-28,33-34H,1-8H3;;/q-6;;. The molecule has 0 fully saturated rings. The van der Waals surface area contributed by atoms with Crippen LogP contribution < -0.4 is 19.3 Å². The fourth-order valence-corrected chi connectivity index (χ4v) is 7.90. The van der Waals surface area contributed by atoms with Crippen LogP contribution in [0.15, 0.2) is 122 Å². The first-order valence-electron chi connectivity index (χ1n) is 20.7. The van der Waals surface area contributed by atoms with Crippen LogP contribution >= 0.6 is 0 Å². The van der Waals surface area contributed by atoms with Crippen molar-refractivity contribution in [3.63, 3.8) is 0 Å². The van der Waals surface area contributed by atoms with Gasteiger partial charge in [0.25, 0.3) is 0 Å². The number of hydrogen-bond acceptors (Lipinski definition) is 8. The van der Waals surface area contributed by atoms with Crippen molar-refractivity contribution in [1.29, 1.82) is 0 Å². The van der Waals surface area contributed by atoms with Crippen molar-refractivity contribution >= 4 is 44.2 Å². The van der Waals surface area contributed by atoms with Gasteiger partial charge in [0.2, 0.25) is 0 Å². The molecule has 4 aromatic carbocycles. The second kappa shape index (κ2) is 17.3. The second-order valence-corrected chi connectivity index (χ2v) is 17.8. The van der Waals surface area contributed by atoms with Crippen LogP contribution in [0, 0.1) is 37.6 Å². The summed E-state index contributed by atoms with van der Waals surface area (Å²) in [4.78, 5) is 18.0. The molecule has 10 nitrogen and oxygen atoms in total. The smallest absolute Gasteiger partial charge is 0.135 e. The topological polar surface area (TPSA) is 67.1 Å². The number of rotatable bonds is 8. The zero-order valence-electron chi connectivity index (χ0n) is 36.7. The molecule has 0 spiro atoms. The molecule has 0 bridgehead atoms. The fraction of sp³-hybridized carbons (Fsp3) is 0.192. The van der Waals surface area contributed by atoms with Gasteiger partial charge < -0.3 is 38.2 Å². The molecule has 0 radical (unpaired) electrons. The number of benzene rings is 4. The Kier molecular flexibility index (Phi) is 12.1. The zero-order valence-corrected chi connectivity index (χ0v) is 41.3. The number of fused-ring (bicyclic) bond motifs is 5. The summed E-state index contributed by atoms with van der Waals surface area (Å²) in [5.74, 6) is 3.79. The van der Waals surface area contributed by atoms with Gasteiger partial charge in [0.15, 0.2) is 0 Å². The minimum atomic E-state index is -0.117. The molecule has 0 unspecified atom stereocenters. The van der Waals surface area contributed by atoms with Crippen molar-refractivity contribution in [1.82, 2.24) is 28.9 Å². The van der Waals surface area contributed by atoms with Crippen LogP contribution in [-0.2, 0) is 53.0 Å². The monoisotopic (exact) mass is 1200 g/mol. The van der Waals surface area contributed by atoms with E-state index in [9.17, 15) is 0 Å². The molecular formula is C52H46N8O2Pt2-6. The Labute approximate surface area is 403 Å². The summed E-state index contributed by atoms with van der Waals surface area (Å²) in [6.07, 6.45) is 11.7. The van der Waals surface area contributed by atoms with Crippen LogP contribution in [0.3, 0.4) is 0 Å². The molecule has 10 rings (SSSR count). The van der Waals surface area contributed by atoms with Gasteiger partial charge in [0.1, 0.15) is 11.6 Å². The summed E-state index contributed by atoms with van der Waals surface area (Å²) in [7, 11) is 3.98. The van der Waals surface area contributed by atoms with E-state index in [-0.39, 0.29) is 53.0 Å². The van der Waals surface area contributed by atoms with Crippen LogP contribution in [0.2, 0.25) is 0 Å². The molecule has 0 atom stereocenters. The Hall–Kier alpha value is -5.82. The van der Waals surface area contributed by atoms with Gasteiger partial charge >= 0.3 is 0 Å². The van der Waals surface area contributed by atoms with E-state index in [1.165, 1.54) is 0 Å². The van der Waals surface area contributed by atoms with Crippen LogP contribution in [0.25, 0.3) is 44.5 Å². The van der Waals surface area contributed by atoms with Crippen LogP contribution in [0.4, 0.5) is 11.4 Å². The maximum atomic E-state index is 6.55. The molecule has 332 valence electrons. The first kappa shape index (κ1) is 44.8. The van der Waals surface area contributed by atoms with Crippen LogP contribution in [-0.4, -0.2) is 43.0 Å². The summed E-state index contributed by atoms with van der Waals surface area (Å²) in [6.45, 7) is 17.3. The summed E-state index contributed by atoms with van der Waals surface area (Å²) in [5, 5.41) is 1.90. The quantitative estimate of drug-likeness (QED) is 0.139. The SMILES string of the molecule is CN1C=CN(c2[c-]c(Oc3[c-]c4c(cc3)c3c(c5ccc(Oc6[c-]c(N7C=CN(C)[CH-]7)ccc6)[c-]c5n3-c3cc(C(C)(C)C)ccn3)n4-c3cc(C(C)(C)C)ccn3)ccc2)[CH-]1.[Pt].[Pt]. The molecule has 6 heterocycles. The van der Waals surface area contributed by atoms with Gasteiger partial charge in [-0.2, -0.15) is 37.6 Å². The van der Waals surface area contributed by atoms with Gasteiger partial charge in [-0.15, -0.1) is 72.0 Å². The first-order valence-corrected chi connectivity index (χ1v) is 20.7. The van der Waals surface area contributed by atoms with E-state index < -0.39 is 0 Å². The predicted octanol–water partition coefficient (Wildman–Crippen LogP) is 11.6. The molecule has 4 aromatic heterocycles. The normalized spacial score (nSPS) is 13.9. The van der Waals surface area contributed by atoms with Crippen molar-refractivity contribution in [3.8, 4) is 34.6 Å². The van der Waals surface area contributed by atoms with E-state index in [4.69, 9.17) is 19.4 Å². The predicted molar refractivity (Wildman–Crippen MR) is 246 cm³/mol. The van der Waals surface area contributed by atoms with Crippen molar-refractivity contribution in [2.75, 3.05) is 23.9 Å². The Morgan fingerprint density at radius 1 is 0.500 bits per heavy atom. The molecule has 0 aliphatic carbocycles. The molecule has 0 N–H and O–H groups in total. The van der Waals surface area contributed by atoms with Gasteiger partial charge in [-0.05, 0) is 85.1 Å². The number of hydrogen-bond donors (Lipinski definition) is 0. The third-order valence-corrected chi connectivity index (χ3v) is 11.1. The van der Waals surface area contributed by atoms with Gasteiger partial charge in [-0.1, -0.05) is 63.3 Å². The molecule has 2 aliphatic rings. The van der Waals surface area contributed by atoms with Crippen LogP contribution in [0.1, 0.15) is 52.7 Å². The van der Waals surface area contributed by atoms with E-state index in [0.717, 1.165) is 67.0 Å². The molecular weight excluding hydrogens is 1160 g/mol. The average molecular weight is 1210 g/mol. The Balaban J connectivity index is 0.00000280. The molecule has 0 saturated heterocycles. The number of aromatic nitrogens is 4. The number of pyridine rings is 2. The third kappa shape index (κ3) is 8.46. The largest absolute Gasteiger partial charge is 0.510 e. The van der Waals surface area contributed by atoms with Gasteiger partial charge in [0, 0.05) is 88.6 Å². The fourth-order valence-electron chi connectivity index (χ4n) is 7.90. The number of anilines is 2. The minimum Gasteiger partial charge on any atom is -0.510 e. The van der Waals surface area contributed by atoms with Gasteiger partial charge in [-0.3, -0.25) is 0 Å². The summed E-state index contributed by atoms with van der Waals surface area (Å²) in [6, 6.07) is 42.6. The second-order valence-electron chi connectivity index (χ2n) is 17.8. The Morgan fingerprint density at radius 2 is 0.906 bits per heavy atom. The molecule has 2 aliphatic heterocycles. The molecule has 64 heavy (non-hydrogen) atoms. The molecule has 0 amide bonds. The number of nitrogens with zero attached hydrogens (tertiary/aromatic N) is 8. The van der Waals surface area contributed by atoms with E-state index in [1.807, 2.05) is 133 Å². The van der Waals surface area contributed by atoms with Crippen molar-refractivity contribution in [2.45, 2.75) is 52.4 Å². The van der Waals surface area contributed by atoms with E-state index in [0.29, 0.717) is 23.0 Å². The van der Waals surface area contributed by atoms with E-state index in [1.54, 1.807) is 0 Å². The Morgan fingerprint density at radius 3 is 1.28 bits per heavy atom. The minimum absolute atomic E-state index is 0. The summed E-state index contributed by atoms with van der Waals surface area (Å²) in [5.41, 5.74) is 7.33.